The van der Waals surface area contributed by atoms with Crippen LogP contribution in [0.3, 0.4) is 0 Å². The lowest BCUT2D eigenvalue weighted by Crippen LogP contribution is -2.55. The standard InChI is InChI=1S/C15H26N2O3/c1-10(2)14(17-9-5-8-13(17)19)15(20)16-11-6-3-4-7-12(11)18/h10-12,14,18H,3-9H2,1-2H3,(H,16,20). The van der Waals surface area contributed by atoms with E-state index in [1.165, 1.54) is 0 Å². The fourth-order valence-electron chi connectivity index (χ4n) is 3.32. The Hall–Kier alpha value is -1.10. The molecule has 0 aromatic heterocycles. The molecular weight excluding hydrogens is 256 g/mol. The summed E-state index contributed by atoms with van der Waals surface area (Å²) in [6.45, 7) is 4.60. The molecule has 114 valence electrons. The minimum Gasteiger partial charge on any atom is -0.391 e. The molecule has 1 aliphatic carbocycles. The van der Waals surface area contributed by atoms with Crippen LogP contribution in [0.5, 0.6) is 0 Å². The maximum atomic E-state index is 12.5. The van der Waals surface area contributed by atoms with Gasteiger partial charge in [-0.3, -0.25) is 9.59 Å². The van der Waals surface area contributed by atoms with E-state index in [1.54, 1.807) is 4.90 Å². The van der Waals surface area contributed by atoms with Crippen LogP contribution < -0.4 is 5.32 Å². The van der Waals surface area contributed by atoms with Gasteiger partial charge < -0.3 is 15.3 Å². The van der Waals surface area contributed by atoms with E-state index < -0.39 is 12.1 Å². The van der Waals surface area contributed by atoms with Crippen LogP contribution in [0.15, 0.2) is 0 Å². The first-order chi connectivity index (χ1) is 9.50. The number of aliphatic hydroxyl groups excluding tert-OH is 1. The van der Waals surface area contributed by atoms with Crippen LogP contribution in [0.25, 0.3) is 0 Å². The van der Waals surface area contributed by atoms with Crippen LogP contribution >= 0.6 is 0 Å². The van der Waals surface area contributed by atoms with Crippen molar-refractivity contribution in [1.82, 2.24) is 10.2 Å². The highest BCUT2D eigenvalue weighted by molar-refractivity contribution is 5.89. The number of likely N-dealkylation sites (tertiary alicyclic amines) is 1. The van der Waals surface area contributed by atoms with Crippen molar-refractivity contribution in [3.63, 3.8) is 0 Å². The molecular formula is C15H26N2O3. The van der Waals surface area contributed by atoms with Crippen molar-refractivity contribution in [3.8, 4) is 0 Å². The van der Waals surface area contributed by atoms with Gasteiger partial charge in [-0.15, -0.1) is 0 Å². The monoisotopic (exact) mass is 282 g/mol. The molecule has 20 heavy (non-hydrogen) atoms. The highest BCUT2D eigenvalue weighted by Crippen LogP contribution is 2.22. The number of carbonyl (C=O) groups excluding carboxylic acids is 2. The van der Waals surface area contributed by atoms with E-state index in [0.717, 1.165) is 32.1 Å². The Labute approximate surface area is 120 Å². The van der Waals surface area contributed by atoms with Crippen molar-refractivity contribution in [2.24, 2.45) is 5.92 Å². The van der Waals surface area contributed by atoms with Gasteiger partial charge in [-0.2, -0.15) is 0 Å². The second-order valence-corrected chi connectivity index (χ2v) is 6.35. The molecule has 1 saturated carbocycles. The van der Waals surface area contributed by atoms with Crippen LogP contribution in [0.1, 0.15) is 52.4 Å². The molecule has 1 heterocycles. The molecule has 2 aliphatic rings. The molecule has 2 rings (SSSR count). The van der Waals surface area contributed by atoms with Crippen LogP contribution in [-0.4, -0.2) is 46.6 Å². The molecule has 3 unspecified atom stereocenters. The van der Waals surface area contributed by atoms with E-state index in [0.29, 0.717) is 13.0 Å². The second kappa shape index (κ2) is 6.57. The van der Waals surface area contributed by atoms with E-state index in [-0.39, 0.29) is 23.8 Å². The maximum absolute atomic E-state index is 12.5. The molecule has 1 aliphatic heterocycles. The Bertz CT molecular complexity index is 370. The van der Waals surface area contributed by atoms with Crippen LogP contribution in [-0.2, 0) is 9.59 Å². The van der Waals surface area contributed by atoms with E-state index in [4.69, 9.17) is 0 Å². The average Bonchev–Trinajstić information content (AvgIpc) is 2.78. The van der Waals surface area contributed by atoms with Gasteiger partial charge in [0.25, 0.3) is 0 Å². The van der Waals surface area contributed by atoms with Gasteiger partial charge in [0.2, 0.25) is 11.8 Å². The first-order valence-corrected chi connectivity index (χ1v) is 7.78. The number of carbonyl (C=O) groups is 2. The lowest BCUT2D eigenvalue weighted by Gasteiger charge is -2.34. The van der Waals surface area contributed by atoms with Crippen LogP contribution in [0.2, 0.25) is 0 Å². The van der Waals surface area contributed by atoms with Crippen molar-refractivity contribution < 1.29 is 14.7 Å². The average molecular weight is 282 g/mol. The second-order valence-electron chi connectivity index (χ2n) is 6.35. The molecule has 0 spiro atoms. The van der Waals surface area contributed by atoms with Crippen LogP contribution in [0.4, 0.5) is 0 Å². The van der Waals surface area contributed by atoms with Gasteiger partial charge in [0.1, 0.15) is 6.04 Å². The zero-order valence-electron chi connectivity index (χ0n) is 12.5. The molecule has 0 radical (unpaired) electrons. The molecule has 2 fully saturated rings. The maximum Gasteiger partial charge on any atom is 0.243 e. The predicted octanol–water partition coefficient (Wildman–Crippen LogP) is 1.05. The Morgan fingerprint density at radius 2 is 2.00 bits per heavy atom. The van der Waals surface area contributed by atoms with Crippen molar-refractivity contribution in [2.75, 3.05) is 6.54 Å². The van der Waals surface area contributed by atoms with Crippen LogP contribution in [0, 0.1) is 5.92 Å². The highest BCUT2D eigenvalue weighted by Gasteiger charge is 2.36. The molecule has 5 nitrogen and oxygen atoms in total. The zero-order chi connectivity index (χ0) is 14.7. The Kier molecular flexibility index (Phi) is 5.02. The van der Waals surface area contributed by atoms with Crippen molar-refractivity contribution in [2.45, 2.75) is 70.6 Å². The predicted molar refractivity (Wildman–Crippen MR) is 76.0 cm³/mol. The SMILES string of the molecule is CC(C)C(C(=O)NC1CCCCC1O)N1CCCC1=O. The third-order valence-electron chi connectivity index (χ3n) is 4.40. The summed E-state index contributed by atoms with van der Waals surface area (Å²) < 4.78 is 0. The third-order valence-corrected chi connectivity index (χ3v) is 4.40. The van der Waals surface area contributed by atoms with E-state index in [1.807, 2.05) is 13.8 Å². The van der Waals surface area contributed by atoms with E-state index in [2.05, 4.69) is 5.32 Å². The van der Waals surface area contributed by atoms with Gasteiger partial charge in [0.15, 0.2) is 0 Å². The van der Waals surface area contributed by atoms with Crippen molar-refractivity contribution >= 4 is 11.8 Å². The third kappa shape index (κ3) is 3.32. The lowest BCUT2D eigenvalue weighted by molar-refractivity contribution is -0.140. The van der Waals surface area contributed by atoms with E-state index in [9.17, 15) is 14.7 Å². The topological polar surface area (TPSA) is 69.6 Å². The number of nitrogens with one attached hydrogen (secondary N) is 1. The lowest BCUT2D eigenvalue weighted by atomic mass is 9.91. The van der Waals surface area contributed by atoms with Gasteiger partial charge in [0.05, 0.1) is 12.1 Å². The van der Waals surface area contributed by atoms with Gasteiger partial charge in [-0.1, -0.05) is 26.7 Å². The highest BCUT2D eigenvalue weighted by atomic mass is 16.3. The zero-order valence-corrected chi connectivity index (χ0v) is 12.5. The number of aliphatic hydroxyl groups is 1. The minimum absolute atomic E-state index is 0.0723. The summed E-state index contributed by atoms with van der Waals surface area (Å²) in [6.07, 6.45) is 4.56. The van der Waals surface area contributed by atoms with Gasteiger partial charge >= 0.3 is 0 Å². The first kappa shape index (κ1) is 15.3. The Morgan fingerprint density at radius 3 is 2.55 bits per heavy atom. The molecule has 0 bridgehead atoms. The summed E-state index contributed by atoms with van der Waals surface area (Å²) >= 11 is 0. The Morgan fingerprint density at radius 1 is 1.30 bits per heavy atom. The van der Waals surface area contributed by atoms with Gasteiger partial charge in [-0.25, -0.2) is 0 Å². The normalized spacial score (nSPS) is 28.8. The summed E-state index contributed by atoms with van der Waals surface area (Å²) in [5.41, 5.74) is 0. The largest absolute Gasteiger partial charge is 0.391 e. The Balaban J connectivity index is 2.01. The quantitative estimate of drug-likeness (QED) is 0.810. The summed E-state index contributed by atoms with van der Waals surface area (Å²) in [7, 11) is 0. The fourth-order valence-corrected chi connectivity index (χ4v) is 3.32. The number of hydrogen-bond donors (Lipinski definition) is 2. The molecule has 2 N–H and O–H groups in total. The number of nitrogens with zero attached hydrogens (tertiary/aromatic N) is 1. The molecule has 3 atom stereocenters. The molecule has 0 aromatic carbocycles. The fraction of sp³-hybridized carbons (Fsp3) is 0.867. The van der Waals surface area contributed by atoms with Crippen molar-refractivity contribution in [1.29, 1.82) is 0 Å². The summed E-state index contributed by atoms with van der Waals surface area (Å²) in [5.74, 6) is 0.0435. The number of hydrogen-bond acceptors (Lipinski definition) is 3. The first-order valence-electron chi connectivity index (χ1n) is 7.78. The molecule has 2 amide bonds. The molecule has 1 saturated heterocycles. The van der Waals surface area contributed by atoms with E-state index >= 15 is 0 Å². The minimum atomic E-state index is -0.449. The number of rotatable bonds is 4. The summed E-state index contributed by atoms with van der Waals surface area (Å²) in [4.78, 5) is 26.1. The number of amides is 2. The smallest absolute Gasteiger partial charge is 0.243 e. The molecule has 0 aromatic rings. The van der Waals surface area contributed by atoms with Gasteiger partial charge in [0, 0.05) is 13.0 Å². The van der Waals surface area contributed by atoms with Crippen molar-refractivity contribution in [3.05, 3.63) is 0 Å². The van der Waals surface area contributed by atoms with Gasteiger partial charge in [-0.05, 0) is 25.2 Å². The molecule has 5 heteroatoms. The summed E-state index contributed by atoms with van der Waals surface area (Å²) in [6, 6.07) is -0.561. The summed E-state index contributed by atoms with van der Waals surface area (Å²) in [5, 5.41) is 12.9.